The molecule has 14 heavy (non-hydrogen) atoms. The lowest BCUT2D eigenvalue weighted by atomic mass is 10.3. The van der Waals surface area contributed by atoms with Gasteiger partial charge in [0.2, 0.25) is 5.88 Å². The van der Waals surface area contributed by atoms with Gasteiger partial charge in [0.05, 0.1) is 18.9 Å². The first kappa shape index (κ1) is 9.93. The van der Waals surface area contributed by atoms with Crippen LogP contribution < -0.4 is 4.74 Å². The Balaban J connectivity index is 2.05. The number of hydrogen-bond acceptors (Lipinski definition) is 3. The Morgan fingerprint density at radius 2 is 2.43 bits per heavy atom. The molecule has 1 aromatic rings. The summed E-state index contributed by atoms with van der Waals surface area (Å²) in [5.41, 5.74) is 0.946. The van der Waals surface area contributed by atoms with E-state index >= 15 is 0 Å². The maximum atomic E-state index is 5.65. The molecule has 1 aromatic heterocycles. The van der Waals surface area contributed by atoms with Crippen molar-refractivity contribution in [3.63, 3.8) is 0 Å². The van der Waals surface area contributed by atoms with Gasteiger partial charge in [0.15, 0.2) is 0 Å². The molecule has 0 saturated carbocycles. The van der Waals surface area contributed by atoms with Crippen molar-refractivity contribution in [2.45, 2.75) is 19.4 Å². The van der Waals surface area contributed by atoms with E-state index in [2.05, 4.69) is 20.9 Å². The Bertz CT molecular complexity index is 324. The number of halogens is 1. The lowest BCUT2D eigenvalue weighted by Crippen LogP contribution is -2.16. The highest BCUT2D eigenvalue weighted by molar-refractivity contribution is 9.10. The molecule has 1 saturated heterocycles. The monoisotopic (exact) mass is 257 g/mol. The molecule has 3 nitrogen and oxygen atoms in total. The van der Waals surface area contributed by atoms with Crippen molar-refractivity contribution in [1.82, 2.24) is 4.98 Å². The molecule has 0 N–H and O–H groups in total. The van der Waals surface area contributed by atoms with Crippen LogP contribution in [0.25, 0.3) is 0 Å². The van der Waals surface area contributed by atoms with E-state index in [1.165, 1.54) is 0 Å². The summed E-state index contributed by atoms with van der Waals surface area (Å²) in [4.78, 5) is 4.31. The van der Waals surface area contributed by atoms with Crippen LogP contribution in [0, 0.1) is 6.92 Å². The quantitative estimate of drug-likeness (QED) is 0.815. The van der Waals surface area contributed by atoms with Crippen molar-refractivity contribution in [3.8, 4) is 5.88 Å². The minimum absolute atomic E-state index is 0.170. The van der Waals surface area contributed by atoms with Gasteiger partial charge in [-0.3, -0.25) is 0 Å². The van der Waals surface area contributed by atoms with E-state index in [-0.39, 0.29) is 6.10 Å². The molecule has 0 spiro atoms. The van der Waals surface area contributed by atoms with Crippen LogP contribution in [0.1, 0.15) is 12.1 Å². The molecule has 0 aromatic carbocycles. The van der Waals surface area contributed by atoms with Gasteiger partial charge in [0, 0.05) is 17.0 Å². The molecule has 2 rings (SSSR count). The fraction of sp³-hybridized carbons (Fsp3) is 0.500. The van der Waals surface area contributed by atoms with Crippen molar-refractivity contribution >= 4 is 15.9 Å². The summed E-state index contributed by atoms with van der Waals surface area (Å²) in [6.07, 6.45) is 1.12. The number of pyridine rings is 1. The summed E-state index contributed by atoms with van der Waals surface area (Å²) in [6, 6.07) is 3.82. The highest BCUT2D eigenvalue weighted by Crippen LogP contribution is 2.19. The van der Waals surface area contributed by atoms with Crippen LogP contribution in [0.5, 0.6) is 5.88 Å². The molecule has 0 amide bonds. The lowest BCUT2D eigenvalue weighted by molar-refractivity contribution is 0.138. The Kier molecular flexibility index (Phi) is 3.03. The second-order valence-corrected chi connectivity index (χ2v) is 4.17. The Labute approximate surface area is 91.6 Å². The summed E-state index contributed by atoms with van der Waals surface area (Å²) >= 11 is 3.40. The van der Waals surface area contributed by atoms with Gasteiger partial charge >= 0.3 is 0 Å². The van der Waals surface area contributed by atoms with Crippen LogP contribution in [0.2, 0.25) is 0 Å². The molecular formula is C10H12BrNO2. The number of rotatable bonds is 2. The van der Waals surface area contributed by atoms with Crippen molar-refractivity contribution in [2.24, 2.45) is 0 Å². The van der Waals surface area contributed by atoms with Gasteiger partial charge in [0.25, 0.3) is 0 Å². The average molecular weight is 258 g/mol. The largest absolute Gasteiger partial charge is 0.472 e. The standard InChI is InChI=1S/C10H12BrNO2/c1-7-9(11)2-3-10(12-7)14-8-4-5-13-6-8/h2-3,8H,4-6H2,1H3. The van der Waals surface area contributed by atoms with E-state index in [1.807, 2.05) is 19.1 Å². The van der Waals surface area contributed by atoms with Crippen LogP contribution in [0.3, 0.4) is 0 Å². The van der Waals surface area contributed by atoms with Crippen LogP contribution >= 0.6 is 15.9 Å². The fourth-order valence-corrected chi connectivity index (χ4v) is 1.58. The van der Waals surface area contributed by atoms with Crippen molar-refractivity contribution < 1.29 is 9.47 Å². The lowest BCUT2D eigenvalue weighted by Gasteiger charge is -2.11. The van der Waals surface area contributed by atoms with Gasteiger partial charge in [-0.1, -0.05) is 0 Å². The fourth-order valence-electron chi connectivity index (χ4n) is 1.36. The van der Waals surface area contributed by atoms with Crippen LogP contribution in [0.4, 0.5) is 0 Å². The molecule has 2 heterocycles. The summed E-state index contributed by atoms with van der Waals surface area (Å²) in [6.45, 7) is 3.42. The summed E-state index contributed by atoms with van der Waals surface area (Å²) in [5.74, 6) is 0.682. The third-order valence-corrected chi connectivity index (χ3v) is 3.01. The van der Waals surface area contributed by atoms with Gasteiger partial charge in [0.1, 0.15) is 6.10 Å². The maximum Gasteiger partial charge on any atom is 0.213 e. The molecule has 0 aliphatic carbocycles. The normalized spacial score (nSPS) is 21.1. The highest BCUT2D eigenvalue weighted by atomic mass is 79.9. The number of ether oxygens (including phenoxy) is 2. The van der Waals surface area contributed by atoms with Crippen LogP contribution in [-0.4, -0.2) is 24.3 Å². The zero-order chi connectivity index (χ0) is 9.97. The van der Waals surface area contributed by atoms with Gasteiger partial charge in [-0.2, -0.15) is 0 Å². The molecule has 0 bridgehead atoms. The number of aromatic nitrogens is 1. The van der Waals surface area contributed by atoms with Crippen LogP contribution in [-0.2, 0) is 4.74 Å². The second kappa shape index (κ2) is 4.28. The molecule has 0 radical (unpaired) electrons. The SMILES string of the molecule is Cc1nc(OC2CCOC2)ccc1Br. The third kappa shape index (κ3) is 2.25. The third-order valence-electron chi connectivity index (χ3n) is 2.17. The number of nitrogens with zero attached hydrogens (tertiary/aromatic N) is 1. The van der Waals surface area contributed by atoms with Crippen molar-refractivity contribution in [3.05, 3.63) is 22.3 Å². The van der Waals surface area contributed by atoms with E-state index in [0.29, 0.717) is 12.5 Å². The van der Waals surface area contributed by atoms with E-state index in [4.69, 9.17) is 9.47 Å². The van der Waals surface area contributed by atoms with Gasteiger partial charge < -0.3 is 9.47 Å². The Morgan fingerprint density at radius 3 is 3.07 bits per heavy atom. The smallest absolute Gasteiger partial charge is 0.213 e. The minimum atomic E-state index is 0.170. The number of hydrogen-bond donors (Lipinski definition) is 0. The molecule has 1 aliphatic heterocycles. The Morgan fingerprint density at radius 1 is 1.57 bits per heavy atom. The van der Waals surface area contributed by atoms with E-state index in [1.54, 1.807) is 0 Å². The first-order valence-electron chi connectivity index (χ1n) is 4.63. The van der Waals surface area contributed by atoms with Gasteiger partial charge in [-0.15, -0.1) is 0 Å². The summed E-state index contributed by atoms with van der Waals surface area (Å²) < 4.78 is 11.9. The Hall–Kier alpha value is -0.610. The first-order chi connectivity index (χ1) is 6.75. The molecule has 1 fully saturated rings. The van der Waals surface area contributed by atoms with Crippen molar-refractivity contribution in [2.75, 3.05) is 13.2 Å². The van der Waals surface area contributed by atoms with E-state index in [9.17, 15) is 0 Å². The minimum Gasteiger partial charge on any atom is -0.472 e. The predicted octanol–water partition coefficient (Wildman–Crippen LogP) is 2.32. The first-order valence-corrected chi connectivity index (χ1v) is 5.42. The molecule has 1 aliphatic rings. The van der Waals surface area contributed by atoms with E-state index < -0.39 is 0 Å². The van der Waals surface area contributed by atoms with Gasteiger partial charge in [-0.25, -0.2) is 4.98 Å². The molecule has 1 unspecified atom stereocenters. The molecule has 4 heteroatoms. The molecular weight excluding hydrogens is 246 g/mol. The van der Waals surface area contributed by atoms with E-state index in [0.717, 1.165) is 23.2 Å². The second-order valence-electron chi connectivity index (χ2n) is 3.32. The topological polar surface area (TPSA) is 31.4 Å². The average Bonchev–Trinajstić information content (AvgIpc) is 2.64. The molecule has 1 atom stereocenters. The van der Waals surface area contributed by atoms with Gasteiger partial charge in [-0.05, 0) is 28.9 Å². The zero-order valence-corrected chi connectivity index (χ0v) is 9.58. The highest BCUT2D eigenvalue weighted by Gasteiger charge is 2.17. The molecule has 76 valence electrons. The predicted molar refractivity (Wildman–Crippen MR) is 56.5 cm³/mol. The number of aryl methyl sites for hydroxylation is 1. The maximum absolute atomic E-state index is 5.65. The van der Waals surface area contributed by atoms with Crippen molar-refractivity contribution in [1.29, 1.82) is 0 Å². The van der Waals surface area contributed by atoms with Crippen LogP contribution in [0.15, 0.2) is 16.6 Å². The summed E-state index contributed by atoms with van der Waals surface area (Å²) in [7, 11) is 0. The summed E-state index contributed by atoms with van der Waals surface area (Å²) in [5, 5.41) is 0. The zero-order valence-electron chi connectivity index (χ0n) is 8.00.